The highest BCUT2D eigenvalue weighted by atomic mass is 16.6. The molecule has 3 aliphatic rings. The van der Waals surface area contributed by atoms with Gasteiger partial charge in [-0.2, -0.15) is 0 Å². The summed E-state index contributed by atoms with van der Waals surface area (Å²) in [5.41, 5.74) is 0.725. The molecule has 0 unspecified atom stereocenters. The van der Waals surface area contributed by atoms with Crippen molar-refractivity contribution in [3.8, 4) is 0 Å². The lowest BCUT2D eigenvalue weighted by molar-refractivity contribution is -0.384. The van der Waals surface area contributed by atoms with Crippen molar-refractivity contribution in [3.05, 3.63) is 34.4 Å². The zero-order chi connectivity index (χ0) is 23.2. The third-order valence-corrected chi connectivity index (χ3v) is 7.32. The smallest absolute Gasteiger partial charge is 0.292 e. The van der Waals surface area contributed by atoms with E-state index in [0.717, 1.165) is 51.6 Å². The fourth-order valence-corrected chi connectivity index (χ4v) is 5.29. The quantitative estimate of drug-likeness (QED) is 0.520. The van der Waals surface area contributed by atoms with Crippen LogP contribution in [-0.2, 0) is 9.59 Å². The number of para-hydroxylation sites is 2. The highest BCUT2D eigenvalue weighted by Crippen LogP contribution is 2.28. The molecule has 1 saturated carbocycles. The molecule has 4 rings (SSSR count). The lowest BCUT2D eigenvalue weighted by Gasteiger charge is -2.38. The van der Waals surface area contributed by atoms with E-state index in [1.807, 2.05) is 9.80 Å². The number of carbonyl (C=O) groups is 2. The number of likely N-dealkylation sites (tertiary alicyclic amines) is 1. The van der Waals surface area contributed by atoms with Crippen molar-refractivity contribution in [3.63, 3.8) is 0 Å². The van der Waals surface area contributed by atoms with Gasteiger partial charge in [0.1, 0.15) is 5.69 Å². The summed E-state index contributed by atoms with van der Waals surface area (Å²) < 4.78 is 0. The number of benzene rings is 1. The Hall–Kier alpha value is -2.68. The SMILES string of the molecule is O=C(NC1CCN(CC(=O)N2CCN(c3ccccc3[N+](=O)[O-])CC2)CC1)C1CCCCC1. The topological polar surface area (TPSA) is 99.0 Å². The van der Waals surface area contributed by atoms with Gasteiger partial charge < -0.3 is 15.1 Å². The van der Waals surface area contributed by atoms with Gasteiger partial charge in [-0.25, -0.2) is 0 Å². The summed E-state index contributed by atoms with van der Waals surface area (Å²) >= 11 is 0. The Kier molecular flexibility index (Phi) is 7.80. The largest absolute Gasteiger partial charge is 0.362 e. The van der Waals surface area contributed by atoms with E-state index >= 15 is 0 Å². The average Bonchev–Trinajstić information content (AvgIpc) is 2.86. The fraction of sp³-hybridized carbons (Fsp3) is 0.667. The maximum Gasteiger partial charge on any atom is 0.292 e. The van der Waals surface area contributed by atoms with E-state index in [0.29, 0.717) is 38.4 Å². The number of piperidine rings is 1. The van der Waals surface area contributed by atoms with Gasteiger partial charge in [0.2, 0.25) is 11.8 Å². The van der Waals surface area contributed by atoms with Gasteiger partial charge in [0.15, 0.2) is 0 Å². The second-order valence-electron chi connectivity index (χ2n) is 9.51. The molecule has 0 radical (unpaired) electrons. The van der Waals surface area contributed by atoms with Gasteiger partial charge in [-0.1, -0.05) is 31.4 Å². The van der Waals surface area contributed by atoms with Gasteiger partial charge in [0.25, 0.3) is 5.69 Å². The first kappa shape index (κ1) is 23.5. The molecule has 0 spiro atoms. The number of nitro benzene ring substituents is 1. The summed E-state index contributed by atoms with van der Waals surface area (Å²) in [4.78, 5) is 42.3. The van der Waals surface area contributed by atoms with Gasteiger partial charge >= 0.3 is 0 Å². The van der Waals surface area contributed by atoms with Crippen molar-refractivity contribution in [1.82, 2.24) is 15.1 Å². The number of nitrogens with one attached hydrogen (secondary N) is 1. The molecule has 2 amide bonds. The minimum Gasteiger partial charge on any atom is -0.362 e. The Labute approximate surface area is 195 Å². The molecule has 1 aromatic carbocycles. The molecular formula is C24H35N5O4. The summed E-state index contributed by atoms with van der Waals surface area (Å²) in [5, 5.41) is 14.6. The van der Waals surface area contributed by atoms with Crippen molar-refractivity contribution < 1.29 is 14.5 Å². The minimum absolute atomic E-state index is 0.107. The highest BCUT2D eigenvalue weighted by Gasteiger charge is 2.29. The molecule has 9 heteroatoms. The van der Waals surface area contributed by atoms with Gasteiger partial charge in [0, 0.05) is 57.3 Å². The van der Waals surface area contributed by atoms with E-state index < -0.39 is 0 Å². The van der Waals surface area contributed by atoms with Crippen molar-refractivity contribution in [1.29, 1.82) is 0 Å². The molecule has 0 bridgehead atoms. The average molecular weight is 458 g/mol. The Bertz CT molecular complexity index is 841. The standard InChI is InChI=1S/C24H35N5O4/c30-23(28-16-14-27(15-17-28)21-8-4-5-9-22(21)29(32)33)18-26-12-10-20(11-13-26)25-24(31)19-6-2-1-3-7-19/h4-5,8-9,19-20H,1-3,6-7,10-18H2,(H,25,31). The van der Waals surface area contributed by atoms with Crippen molar-refractivity contribution in [2.24, 2.45) is 5.92 Å². The highest BCUT2D eigenvalue weighted by molar-refractivity contribution is 5.79. The number of piperazine rings is 1. The number of nitro groups is 1. The molecule has 180 valence electrons. The van der Waals surface area contributed by atoms with Gasteiger partial charge in [-0.15, -0.1) is 0 Å². The van der Waals surface area contributed by atoms with E-state index in [4.69, 9.17) is 0 Å². The number of amides is 2. The third kappa shape index (κ3) is 6.01. The molecule has 9 nitrogen and oxygen atoms in total. The van der Waals surface area contributed by atoms with Gasteiger partial charge in [-0.05, 0) is 31.7 Å². The van der Waals surface area contributed by atoms with Crippen molar-refractivity contribution >= 4 is 23.2 Å². The monoisotopic (exact) mass is 457 g/mol. The second-order valence-corrected chi connectivity index (χ2v) is 9.51. The van der Waals surface area contributed by atoms with E-state index in [2.05, 4.69) is 10.2 Å². The van der Waals surface area contributed by atoms with Crippen LogP contribution in [0.5, 0.6) is 0 Å². The molecule has 2 heterocycles. The fourth-order valence-electron chi connectivity index (χ4n) is 5.29. The Morgan fingerprint density at radius 3 is 2.27 bits per heavy atom. The van der Waals surface area contributed by atoms with E-state index in [9.17, 15) is 19.7 Å². The van der Waals surface area contributed by atoms with E-state index in [1.165, 1.54) is 12.5 Å². The minimum atomic E-state index is -0.353. The van der Waals surface area contributed by atoms with Crippen LogP contribution in [0.1, 0.15) is 44.9 Å². The summed E-state index contributed by atoms with van der Waals surface area (Å²) in [6.07, 6.45) is 7.38. The zero-order valence-electron chi connectivity index (χ0n) is 19.3. The second kappa shape index (κ2) is 11.0. The van der Waals surface area contributed by atoms with Crippen molar-refractivity contribution in [2.75, 3.05) is 50.7 Å². The molecule has 33 heavy (non-hydrogen) atoms. The first-order valence-electron chi connectivity index (χ1n) is 12.3. The number of hydrogen-bond donors (Lipinski definition) is 1. The Balaban J connectivity index is 1.19. The first-order chi connectivity index (χ1) is 16.0. The van der Waals surface area contributed by atoms with Crippen LogP contribution in [0.3, 0.4) is 0 Å². The zero-order valence-corrected chi connectivity index (χ0v) is 19.3. The number of rotatable bonds is 6. The molecular weight excluding hydrogens is 422 g/mol. The lowest BCUT2D eigenvalue weighted by atomic mass is 9.88. The Morgan fingerprint density at radius 1 is 0.939 bits per heavy atom. The number of nitrogens with zero attached hydrogens (tertiary/aromatic N) is 4. The number of anilines is 1. The van der Waals surface area contributed by atoms with Crippen LogP contribution in [0.2, 0.25) is 0 Å². The lowest BCUT2D eigenvalue weighted by Crippen LogP contribution is -2.53. The summed E-state index contributed by atoms with van der Waals surface area (Å²) in [6.45, 7) is 4.35. The molecule has 1 aromatic rings. The van der Waals surface area contributed by atoms with E-state index in [-0.39, 0.29) is 34.4 Å². The molecule has 1 aliphatic carbocycles. The maximum atomic E-state index is 12.8. The Morgan fingerprint density at radius 2 is 1.61 bits per heavy atom. The number of hydrogen-bond acceptors (Lipinski definition) is 6. The van der Waals surface area contributed by atoms with Crippen LogP contribution < -0.4 is 10.2 Å². The predicted molar refractivity (Wildman–Crippen MR) is 126 cm³/mol. The van der Waals surface area contributed by atoms with Gasteiger partial charge in [0.05, 0.1) is 11.5 Å². The van der Waals surface area contributed by atoms with Crippen LogP contribution in [0.4, 0.5) is 11.4 Å². The predicted octanol–water partition coefficient (Wildman–Crippen LogP) is 2.40. The van der Waals surface area contributed by atoms with Crippen molar-refractivity contribution in [2.45, 2.75) is 51.0 Å². The van der Waals surface area contributed by atoms with Crippen LogP contribution in [0.25, 0.3) is 0 Å². The first-order valence-corrected chi connectivity index (χ1v) is 12.3. The summed E-state index contributed by atoms with van der Waals surface area (Å²) in [5.74, 6) is 0.525. The molecule has 2 saturated heterocycles. The van der Waals surface area contributed by atoms with Gasteiger partial charge in [-0.3, -0.25) is 24.6 Å². The summed E-state index contributed by atoms with van der Waals surface area (Å²) in [7, 11) is 0. The maximum absolute atomic E-state index is 12.8. The molecule has 1 N–H and O–H groups in total. The van der Waals surface area contributed by atoms with Crippen LogP contribution >= 0.6 is 0 Å². The number of carbonyl (C=O) groups excluding carboxylic acids is 2. The third-order valence-electron chi connectivity index (χ3n) is 7.32. The van der Waals surface area contributed by atoms with E-state index in [1.54, 1.807) is 18.2 Å². The molecule has 3 fully saturated rings. The summed E-state index contributed by atoms with van der Waals surface area (Å²) in [6, 6.07) is 6.99. The van der Waals surface area contributed by atoms with Crippen LogP contribution in [0, 0.1) is 16.0 Å². The molecule has 2 aliphatic heterocycles. The normalized spacial score (nSPS) is 21.1. The van der Waals surface area contributed by atoms with Crippen LogP contribution in [-0.4, -0.2) is 78.4 Å². The van der Waals surface area contributed by atoms with Crippen LogP contribution in [0.15, 0.2) is 24.3 Å². The molecule has 0 atom stereocenters. The molecule has 0 aromatic heterocycles.